The van der Waals surface area contributed by atoms with Crippen molar-refractivity contribution >= 4 is 12.4 Å². The quantitative estimate of drug-likeness (QED) is 0.262. The van der Waals surface area contributed by atoms with Crippen LogP contribution in [0.4, 0.5) is 0 Å². The van der Waals surface area contributed by atoms with E-state index in [0.717, 1.165) is 6.42 Å². The van der Waals surface area contributed by atoms with Gasteiger partial charge in [-0.1, -0.05) is 20.3 Å². The predicted octanol–water partition coefficient (Wildman–Crippen LogP) is 1.10. The summed E-state index contributed by atoms with van der Waals surface area (Å²) >= 11 is 0. The number of carbonyl (C=O) groups is 2. The molecule has 0 aromatic rings. The molecule has 0 rings (SSSR count). The number of esters is 1. The van der Waals surface area contributed by atoms with E-state index in [9.17, 15) is 9.59 Å². The minimum Gasteiger partial charge on any atom is -0.430 e. The standard InChI is InChI=1S/C8H14O4/c1-3-7(2)4-8(10)12-6-11-5-9/h5,7H,3-4,6H2,1-2H3. The van der Waals surface area contributed by atoms with E-state index in [1.54, 1.807) is 0 Å². The fourth-order valence-electron chi connectivity index (χ4n) is 0.615. The predicted molar refractivity (Wildman–Crippen MR) is 42.2 cm³/mol. The van der Waals surface area contributed by atoms with Crippen molar-refractivity contribution in [2.75, 3.05) is 6.79 Å². The highest BCUT2D eigenvalue weighted by molar-refractivity contribution is 5.69. The second-order valence-corrected chi connectivity index (χ2v) is 2.61. The molecule has 0 saturated carbocycles. The van der Waals surface area contributed by atoms with Crippen molar-refractivity contribution in [1.82, 2.24) is 0 Å². The molecule has 0 fully saturated rings. The van der Waals surface area contributed by atoms with Gasteiger partial charge >= 0.3 is 5.97 Å². The summed E-state index contributed by atoms with van der Waals surface area (Å²) < 4.78 is 8.76. The maximum Gasteiger partial charge on any atom is 0.308 e. The second kappa shape index (κ2) is 6.64. The van der Waals surface area contributed by atoms with Crippen LogP contribution >= 0.6 is 0 Å². The van der Waals surface area contributed by atoms with Crippen LogP contribution in [0, 0.1) is 5.92 Å². The molecule has 0 aliphatic rings. The van der Waals surface area contributed by atoms with Gasteiger partial charge < -0.3 is 9.47 Å². The zero-order chi connectivity index (χ0) is 9.40. The van der Waals surface area contributed by atoms with Crippen molar-refractivity contribution in [3.63, 3.8) is 0 Å². The zero-order valence-corrected chi connectivity index (χ0v) is 7.41. The van der Waals surface area contributed by atoms with Crippen LogP contribution in [0.1, 0.15) is 26.7 Å². The third-order valence-corrected chi connectivity index (χ3v) is 1.57. The van der Waals surface area contributed by atoms with E-state index in [1.807, 2.05) is 13.8 Å². The topological polar surface area (TPSA) is 52.6 Å². The molecule has 4 nitrogen and oxygen atoms in total. The van der Waals surface area contributed by atoms with Crippen molar-refractivity contribution in [3.05, 3.63) is 0 Å². The first kappa shape index (κ1) is 10.9. The molecule has 0 radical (unpaired) electrons. The normalized spacial score (nSPS) is 11.8. The van der Waals surface area contributed by atoms with Gasteiger partial charge in [-0.05, 0) is 5.92 Å². The monoisotopic (exact) mass is 174 g/mol. The Morgan fingerprint density at radius 3 is 2.75 bits per heavy atom. The summed E-state index contributed by atoms with van der Waals surface area (Å²) in [5, 5.41) is 0. The average molecular weight is 174 g/mol. The Morgan fingerprint density at radius 2 is 2.25 bits per heavy atom. The molecule has 1 unspecified atom stereocenters. The third-order valence-electron chi connectivity index (χ3n) is 1.57. The van der Waals surface area contributed by atoms with Gasteiger partial charge in [0.2, 0.25) is 6.79 Å². The molecule has 0 aromatic heterocycles. The van der Waals surface area contributed by atoms with Gasteiger partial charge in [-0.15, -0.1) is 0 Å². The highest BCUT2D eigenvalue weighted by Crippen LogP contribution is 2.06. The Bertz CT molecular complexity index is 144. The Labute approximate surface area is 71.8 Å². The summed E-state index contributed by atoms with van der Waals surface area (Å²) in [4.78, 5) is 20.5. The van der Waals surface area contributed by atoms with E-state index < -0.39 is 0 Å². The van der Waals surface area contributed by atoms with Gasteiger partial charge in [-0.3, -0.25) is 9.59 Å². The molecule has 0 amide bonds. The summed E-state index contributed by atoms with van der Waals surface area (Å²) in [6, 6.07) is 0. The molecule has 0 bridgehead atoms. The Balaban J connectivity index is 3.39. The van der Waals surface area contributed by atoms with Crippen LogP contribution in [-0.4, -0.2) is 19.2 Å². The molecule has 0 spiro atoms. The SMILES string of the molecule is CCC(C)CC(=O)OCOC=O. The van der Waals surface area contributed by atoms with Crippen LogP contribution in [0.15, 0.2) is 0 Å². The minimum absolute atomic E-state index is 0.247. The maximum atomic E-state index is 10.9. The molecule has 1 atom stereocenters. The largest absolute Gasteiger partial charge is 0.430 e. The minimum atomic E-state index is -0.328. The summed E-state index contributed by atoms with van der Waals surface area (Å²) in [6.07, 6.45) is 1.31. The molecular formula is C8H14O4. The fraction of sp³-hybridized carbons (Fsp3) is 0.750. The van der Waals surface area contributed by atoms with Crippen molar-refractivity contribution in [2.24, 2.45) is 5.92 Å². The molecule has 12 heavy (non-hydrogen) atoms. The van der Waals surface area contributed by atoms with Gasteiger partial charge in [-0.25, -0.2) is 0 Å². The zero-order valence-electron chi connectivity index (χ0n) is 7.41. The van der Waals surface area contributed by atoms with E-state index >= 15 is 0 Å². The van der Waals surface area contributed by atoms with Gasteiger partial charge in [0.05, 0.1) is 0 Å². The summed E-state index contributed by atoms with van der Waals surface area (Å²) in [6.45, 7) is 3.93. The van der Waals surface area contributed by atoms with Crippen LogP contribution in [0.25, 0.3) is 0 Å². The van der Waals surface area contributed by atoms with Crippen molar-refractivity contribution in [3.8, 4) is 0 Å². The lowest BCUT2D eigenvalue weighted by molar-refractivity contribution is -0.160. The third kappa shape index (κ3) is 5.70. The van der Waals surface area contributed by atoms with Crippen molar-refractivity contribution in [1.29, 1.82) is 0 Å². The Morgan fingerprint density at radius 1 is 1.58 bits per heavy atom. The number of hydrogen-bond acceptors (Lipinski definition) is 4. The lowest BCUT2D eigenvalue weighted by Gasteiger charge is -2.06. The Hall–Kier alpha value is -1.06. The molecule has 0 aliphatic heterocycles. The highest BCUT2D eigenvalue weighted by atomic mass is 16.7. The van der Waals surface area contributed by atoms with Gasteiger partial charge in [0, 0.05) is 6.42 Å². The first-order chi connectivity index (χ1) is 5.70. The van der Waals surface area contributed by atoms with E-state index in [1.165, 1.54) is 0 Å². The molecule has 0 aromatic carbocycles. The first-order valence-corrected chi connectivity index (χ1v) is 3.91. The van der Waals surface area contributed by atoms with Crippen LogP contribution in [0.2, 0.25) is 0 Å². The van der Waals surface area contributed by atoms with Gasteiger partial charge in [0.25, 0.3) is 6.47 Å². The number of rotatable bonds is 6. The molecule has 0 N–H and O–H groups in total. The van der Waals surface area contributed by atoms with Gasteiger partial charge in [-0.2, -0.15) is 0 Å². The maximum absolute atomic E-state index is 10.9. The number of hydrogen-bond donors (Lipinski definition) is 0. The first-order valence-electron chi connectivity index (χ1n) is 3.91. The van der Waals surface area contributed by atoms with E-state index in [0.29, 0.717) is 12.3 Å². The molecule has 70 valence electrons. The van der Waals surface area contributed by atoms with Crippen molar-refractivity contribution < 1.29 is 19.1 Å². The smallest absolute Gasteiger partial charge is 0.308 e. The molecule has 0 aliphatic carbocycles. The van der Waals surface area contributed by atoms with E-state index in [-0.39, 0.29) is 19.2 Å². The number of ether oxygens (including phenoxy) is 2. The fourth-order valence-corrected chi connectivity index (χ4v) is 0.615. The average Bonchev–Trinajstić information content (AvgIpc) is 2.05. The van der Waals surface area contributed by atoms with Crippen LogP contribution in [0.3, 0.4) is 0 Å². The lowest BCUT2D eigenvalue weighted by Crippen LogP contribution is -2.11. The summed E-state index contributed by atoms with van der Waals surface area (Å²) in [7, 11) is 0. The molecule has 0 heterocycles. The van der Waals surface area contributed by atoms with Crippen LogP contribution in [0.5, 0.6) is 0 Å². The van der Waals surface area contributed by atoms with Gasteiger partial charge in [0.15, 0.2) is 0 Å². The van der Waals surface area contributed by atoms with Crippen LogP contribution in [-0.2, 0) is 19.1 Å². The summed E-state index contributed by atoms with van der Waals surface area (Å²) in [5.41, 5.74) is 0. The molecular weight excluding hydrogens is 160 g/mol. The van der Waals surface area contributed by atoms with Gasteiger partial charge in [0.1, 0.15) is 0 Å². The molecule has 4 heteroatoms. The summed E-state index contributed by atoms with van der Waals surface area (Å²) in [5.74, 6) is -0.0140. The molecule has 0 saturated heterocycles. The number of carbonyl (C=O) groups excluding carboxylic acids is 2. The lowest BCUT2D eigenvalue weighted by atomic mass is 10.1. The highest BCUT2D eigenvalue weighted by Gasteiger charge is 2.07. The van der Waals surface area contributed by atoms with E-state index in [4.69, 9.17) is 0 Å². The van der Waals surface area contributed by atoms with Crippen molar-refractivity contribution in [2.45, 2.75) is 26.7 Å². The van der Waals surface area contributed by atoms with E-state index in [2.05, 4.69) is 9.47 Å². The Kier molecular flexibility index (Phi) is 6.05. The van der Waals surface area contributed by atoms with Crippen LogP contribution < -0.4 is 0 Å². The second-order valence-electron chi connectivity index (χ2n) is 2.61.